The first-order valence-electron chi connectivity index (χ1n) is 9.46. The minimum atomic E-state index is -0.286. The summed E-state index contributed by atoms with van der Waals surface area (Å²) in [6, 6.07) is 10.3. The van der Waals surface area contributed by atoms with Gasteiger partial charge in [0.05, 0.1) is 6.10 Å². The number of hydrogen-bond acceptors (Lipinski definition) is 4. The molecule has 140 valence electrons. The third-order valence-corrected chi connectivity index (χ3v) is 5.38. The lowest BCUT2D eigenvalue weighted by atomic mass is 9.88. The van der Waals surface area contributed by atoms with E-state index in [9.17, 15) is 9.90 Å². The highest BCUT2D eigenvalue weighted by Crippen LogP contribution is 2.24. The number of nitrogens with zero attached hydrogens (tertiary/aromatic N) is 4. The molecule has 1 fully saturated rings. The molecule has 0 radical (unpaired) electrons. The highest BCUT2D eigenvalue weighted by molar-refractivity contribution is 5.76. The maximum atomic E-state index is 12.4. The SMILES string of the molecule is Cn1cnnc1CCC(=O)N1CCC(C(O)CCc2ccccc2)CC1. The van der Waals surface area contributed by atoms with E-state index in [4.69, 9.17) is 0 Å². The van der Waals surface area contributed by atoms with Crippen LogP contribution in [-0.2, 0) is 24.7 Å². The zero-order valence-electron chi connectivity index (χ0n) is 15.4. The topological polar surface area (TPSA) is 71.2 Å². The van der Waals surface area contributed by atoms with Crippen LogP contribution in [0.1, 0.15) is 37.1 Å². The predicted molar refractivity (Wildman–Crippen MR) is 99.4 cm³/mol. The van der Waals surface area contributed by atoms with E-state index < -0.39 is 0 Å². The number of aromatic nitrogens is 3. The average molecular weight is 356 g/mol. The highest BCUT2D eigenvalue weighted by atomic mass is 16.3. The van der Waals surface area contributed by atoms with Crippen LogP contribution in [0.25, 0.3) is 0 Å². The Morgan fingerprint density at radius 3 is 2.62 bits per heavy atom. The largest absolute Gasteiger partial charge is 0.393 e. The van der Waals surface area contributed by atoms with Crippen molar-refractivity contribution in [2.75, 3.05) is 13.1 Å². The maximum absolute atomic E-state index is 12.4. The predicted octanol–water partition coefficient (Wildman–Crippen LogP) is 1.98. The van der Waals surface area contributed by atoms with Gasteiger partial charge in [0.2, 0.25) is 5.91 Å². The second kappa shape index (κ2) is 8.94. The second-order valence-corrected chi connectivity index (χ2v) is 7.17. The van der Waals surface area contributed by atoms with E-state index in [1.807, 2.05) is 34.7 Å². The summed E-state index contributed by atoms with van der Waals surface area (Å²) in [6.45, 7) is 1.48. The van der Waals surface area contributed by atoms with Crippen LogP contribution in [0.3, 0.4) is 0 Å². The molecular formula is C20H28N4O2. The lowest BCUT2D eigenvalue weighted by molar-refractivity contribution is -0.133. The average Bonchev–Trinajstić information content (AvgIpc) is 3.10. The lowest BCUT2D eigenvalue weighted by Crippen LogP contribution is -2.41. The first-order valence-corrected chi connectivity index (χ1v) is 9.46. The van der Waals surface area contributed by atoms with Crippen molar-refractivity contribution in [2.24, 2.45) is 13.0 Å². The molecule has 0 saturated carbocycles. The molecule has 1 unspecified atom stereocenters. The Morgan fingerprint density at radius 2 is 1.96 bits per heavy atom. The second-order valence-electron chi connectivity index (χ2n) is 7.17. The van der Waals surface area contributed by atoms with Crippen molar-refractivity contribution in [3.05, 3.63) is 48.0 Å². The number of aryl methyl sites for hydroxylation is 3. The minimum absolute atomic E-state index is 0.172. The molecule has 1 aromatic carbocycles. The molecule has 0 spiro atoms. The zero-order valence-corrected chi connectivity index (χ0v) is 15.4. The summed E-state index contributed by atoms with van der Waals surface area (Å²) in [5.74, 6) is 1.30. The number of aliphatic hydroxyl groups excluding tert-OH is 1. The van der Waals surface area contributed by atoms with Gasteiger partial charge in [0.25, 0.3) is 0 Å². The summed E-state index contributed by atoms with van der Waals surface area (Å²) in [5, 5.41) is 18.4. The van der Waals surface area contributed by atoms with Crippen LogP contribution in [0.4, 0.5) is 0 Å². The van der Waals surface area contributed by atoms with Crippen LogP contribution in [0.5, 0.6) is 0 Å². The Bertz CT molecular complexity index is 693. The molecule has 2 heterocycles. The smallest absolute Gasteiger partial charge is 0.223 e. The van der Waals surface area contributed by atoms with Gasteiger partial charge in [-0.15, -0.1) is 10.2 Å². The van der Waals surface area contributed by atoms with Crippen LogP contribution in [0.2, 0.25) is 0 Å². The summed E-state index contributed by atoms with van der Waals surface area (Å²) < 4.78 is 1.85. The number of piperidine rings is 1. The molecule has 1 atom stereocenters. The van der Waals surface area contributed by atoms with Crippen LogP contribution in [0, 0.1) is 5.92 Å². The fourth-order valence-electron chi connectivity index (χ4n) is 3.64. The number of carbonyl (C=O) groups is 1. The lowest BCUT2D eigenvalue weighted by Gasteiger charge is -2.34. The Morgan fingerprint density at radius 1 is 1.23 bits per heavy atom. The van der Waals surface area contributed by atoms with Gasteiger partial charge < -0.3 is 14.6 Å². The Balaban J connectivity index is 1.39. The molecular weight excluding hydrogens is 328 g/mol. The Hall–Kier alpha value is -2.21. The molecule has 2 aromatic rings. The maximum Gasteiger partial charge on any atom is 0.223 e. The molecule has 1 aliphatic heterocycles. The first-order chi connectivity index (χ1) is 12.6. The van der Waals surface area contributed by atoms with Gasteiger partial charge in [-0.2, -0.15) is 0 Å². The van der Waals surface area contributed by atoms with Crippen LogP contribution in [-0.4, -0.2) is 49.9 Å². The van der Waals surface area contributed by atoms with Gasteiger partial charge in [0, 0.05) is 33.0 Å². The van der Waals surface area contributed by atoms with Crippen molar-refractivity contribution in [1.82, 2.24) is 19.7 Å². The van der Waals surface area contributed by atoms with Crippen molar-refractivity contribution in [1.29, 1.82) is 0 Å². The zero-order chi connectivity index (χ0) is 18.4. The number of amides is 1. The van der Waals surface area contributed by atoms with E-state index in [2.05, 4.69) is 22.3 Å². The third kappa shape index (κ3) is 4.91. The normalized spacial score (nSPS) is 16.6. The van der Waals surface area contributed by atoms with E-state index in [-0.39, 0.29) is 12.0 Å². The van der Waals surface area contributed by atoms with Gasteiger partial charge in [-0.05, 0) is 37.2 Å². The summed E-state index contributed by atoms with van der Waals surface area (Å²) >= 11 is 0. The van der Waals surface area contributed by atoms with Gasteiger partial charge in [-0.3, -0.25) is 4.79 Å². The molecule has 1 amide bonds. The van der Waals surface area contributed by atoms with Crippen molar-refractivity contribution in [3.8, 4) is 0 Å². The molecule has 1 N–H and O–H groups in total. The number of carbonyl (C=O) groups excluding carboxylic acids is 1. The number of benzene rings is 1. The van der Waals surface area contributed by atoms with Crippen molar-refractivity contribution < 1.29 is 9.90 Å². The van der Waals surface area contributed by atoms with Gasteiger partial charge in [-0.25, -0.2) is 0 Å². The van der Waals surface area contributed by atoms with Crippen molar-refractivity contribution >= 4 is 5.91 Å². The Labute approximate surface area is 154 Å². The first kappa shape index (κ1) is 18.6. The molecule has 0 aliphatic carbocycles. The fraction of sp³-hybridized carbons (Fsp3) is 0.550. The summed E-state index contributed by atoms with van der Waals surface area (Å²) in [7, 11) is 1.89. The summed E-state index contributed by atoms with van der Waals surface area (Å²) in [6.07, 6.45) is 5.90. The van der Waals surface area contributed by atoms with E-state index in [0.29, 0.717) is 18.8 Å². The number of rotatable bonds is 7. The molecule has 3 rings (SSSR count). The van der Waals surface area contributed by atoms with E-state index in [1.54, 1.807) is 6.33 Å². The van der Waals surface area contributed by atoms with E-state index in [0.717, 1.165) is 44.6 Å². The summed E-state index contributed by atoms with van der Waals surface area (Å²) in [5.41, 5.74) is 1.27. The van der Waals surface area contributed by atoms with E-state index in [1.165, 1.54) is 5.56 Å². The standard InChI is InChI=1S/C20H28N4O2/c1-23-15-21-22-19(23)9-10-20(26)24-13-11-17(12-14-24)18(25)8-7-16-5-3-2-4-6-16/h2-6,15,17-18,25H,7-14H2,1H3. The molecule has 1 saturated heterocycles. The molecule has 1 aliphatic rings. The van der Waals surface area contributed by atoms with Crippen molar-refractivity contribution in [2.45, 2.75) is 44.6 Å². The molecule has 6 nitrogen and oxygen atoms in total. The van der Waals surface area contributed by atoms with Crippen LogP contribution in [0.15, 0.2) is 36.7 Å². The van der Waals surface area contributed by atoms with Gasteiger partial charge in [0.15, 0.2) is 0 Å². The number of likely N-dealkylation sites (tertiary alicyclic amines) is 1. The molecule has 0 bridgehead atoms. The third-order valence-electron chi connectivity index (χ3n) is 5.38. The monoisotopic (exact) mass is 356 g/mol. The quantitative estimate of drug-likeness (QED) is 0.823. The van der Waals surface area contributed by atoms with E-state index >= 15 is 0 Å². The van der Waals surface area contributed by atoms with Gasteiger partial charge in [-0.1, -0.05) is 30.3 Å². The van der Waals surface area contributed by atoms with Gasteiger partial charge in [0.1, 0.15) is 12.2 Å². The minimum Gasteiger partial charge on any atom is -0.393 e. The molecule has 26 heavy (non-hydrogen) atoms. The number of hydrogen-bond donors (Lipinski definition) is 1. The Kier molecular flexibility index (Phi) is 6.39. The van der Waals surface area contributed by atoms with Crippen LogP contribution < -0.4 is 0 Å². The van der Waals surface area contributed by atoms with Crippen molar-refractivity contribution in [3.63, 3.8) is 0 Å². The number of aliphatic hydroxyl groups is 1. The van der Waals surface area contributed by atoms with Crippen LogP contribution >= 0.6 is 0 Å². The summed E-state index contributed by atoms with van der Waals surface area (Å²) in [4.78, 5) is 14.3. The molecule has 6 heteroatoms. The molecule has 1 aromatic heterocycles. The highest BCUT2D eigenvalue weighted by Gasteiger charge is 2.27. The van der Waals surface area contributed by atoms with Gasteiger partial charge >= 0.3 is 0 Å². The fourth-order valence-corrected chi connectivity index (χ4v) is 3.64.